The lowest BCUT2D eigenvalue weighted by Gasteiger charge is -2.34. The van der Waals surface area contributed by atoms with E-state index in [9.17, 15) is 18.0 Å². The van der Waals surface area contributed by atoms with Crippen LogP contribution in [-0.2, 0) is 32.6 Å². The van der Waals surface area contributed by atoms with Crippen LogP contribution in [0.15, 0.2) is 95.9 Å². The highest BCUT2D eigenvalue weighted by Gasteiger charge is 2.35. The Morgan fingerprint density at radius 2 is 1.48 bits per heavy atom. The summed E-state index contributed by atoms with van der Waals surface area (Å²) in [4.78, 5) is 29.8. The van der Waals surface area contributed by atoms with Crippen molar-refractivity contribution in [3.8, 4) is 0 Å². The summed E-state index contributed by atoms with van der Waals surface area (Å²) in [7, 11) is -4.20. The molecule has 1 atom stereocenters. The average molecular weight is 681 g/mol. The van der Waals surface area contributed by atoms with Crippen LogP contribution in [0.1, 0.15) is 41.2 Å². The van der Waals surface area contributed by atoms with Crippen molar-refractivity contribution in [1.29, 1.82) is 0 Å². The molecule has 46 heavy (non-hydrogen) atoms. The second-order valence-electron chi connectivity index (χ2n) is 11.3. The van der Waals surface area contributed by atoms with Crippen LogP contribution >= 0.6 is 23.2 Å². The minimum atomic E-state index is -4.20. The van der Waals surface area contributed by atoms with Crippen LogP contribution in [0.2, 0.25) is 10.0 Å². The number of hydrogen-bond acceptors (Lipinski definition) is 4. The summed E-state index contributed by atoms with van der Waals surface area (Å²) < 4.78 is 29.6. The number of benzene rings is 4. The number of sulfonamides is 1. The van der Waals surface area contributed by atoms with Gasteiger partial charge in [0.25, 0.3) is 10.0 Å². The van der Waals surface area contributed by atoms with Gasteiger partial charge in [-0.2, -0.15) is 0 Å². The molecule has 0 saturated carbocycles. The Morgan fingerprint density at radius 3 is 2.09 bits per heavy atom. The number of carbonyl (C=O) groups is 2. The summed E-state index contributed by atoms with van der Waals surface area (Å²) in [6.45, 7) is 7.37. The van der Waals surface area contributed by atoms with Crippen molar-refractivity contribution in [1.82, 2.24) is 10.2 Å². The smallest absolute Gasteiger partial charge is 0.264 e. The van der Waals surface area contributed by atoms with Gasteiger partial charge in [-0.15, -0.1) is 0 Å². The number of hydrogen-bond donors (Lipinski definition) is 1. The van der Waals surface area contributed by atoms with E-state index < -0.39 is 28.5 Å². The van der Waals surface area contributed by atoms with Gasteiger partial charge in [0.15, 0.2) is 0 Å². The first-order valence-corrected chi connectivity index (χ1v) is 17.3. The van der Waals surface area contributed by atoms with E-state index in [1.165, 1.54) is 17.0 Å². The molecular formula is C36H39Cl2N3O4S. The lowest BCUT2D eigenvalue weighted by Crippen LogP contribution is -2.53. The molecule has 0 radical (unpaired) electrons. The molecule has 0 bridgehead atoms. The van der Waals surface area contributed by atoms with Crippen LogP contribution in [0.25, 0.3) is 0 Å². The molecule has 1 N–H and O–H groups in total. The van der Waals surface area contributed by atoms with Gasteiger partial charge in [0.2, 0.25) is 11.8 Å². The lowest BCUT2D eigenvalue weighted by atomic mass is 10.0. The lowest BCUT2D eigenvalue weighted by molar-refractivity contribution is -0.140. The Balaban J connectivity index is 1.85. The molecule has 0 heterocycles. The monoisotopic (exact) mass is 679 g/mol. The van der Waals surface area contributed by atoms with Gasteiger partial charge in [-0.3, -0.25) is 13.9 Å². The fourth-order valence-electron chi connectivity index (χ4n) is 5.02. The van der Waals surface area contributed by atoms with Crippen LogP contribution in [0.5, 0.6) is 0 Å². The van der Waals surface area contributed by atoms with Crippen LogP contribution in [0, 0.1) is 20.8 Å². The zero-order valence-electron chi connectivity index (χ0n) is 26.5. The van der Waals surface area contributed by atoms with Crippen molar-refractivity contribution < 1.29 is 18.0 Å². The number of nitrogens with zero attached hydrogens (tertiary/aromatic N) is 2. The van der Waals surface area contributed by atoms with Gasteiger partial charge in [0.05, 0.1) is 10.6 Å². The number of aryl methyl sites for hydroxylation is 3. The third-order valence-corrected chi connectivity index (χ3v) is 10.4. The Hall–Kier alpha value is -3.85. The molecule has 0 aliphatic rings. The van der Waals surface area contributed by atoms with E-state index in [-0.39, 0.29) is 23.8 Å². The minimum Gasteiger partial charge on any atom is -0.354 e. The molecular weight excluding hydrogens is 641 g/mol. The summed E-state index contributed by atoms with van der Waals surface area (Å²) in [5, 5.41) is 3.59. The summed E-state index contributed by atoms with van der Waals surface area (Å²) in [6.07, 6.45) is 0.891. The molecule has 242 valence electrons. The minimum absolute atomic E-state index is 0.0475. The molecule has 4 aromatic rings. The normalized spacial score (nSPS) is 12.0. The van der Waals surface area contributed by atoms with Crippen molar-refractivity contribution in [2.75, 3.05) is 17.4 Å². The quantitative estimate of drug-likeness (QED) is 0.161. The van der Waals surface area contributed by atoms with Crippen LogP contribution in [-0.4, -0.2) is 44.3 Å². The van der Waals surface area contributed by atoms with Crippen LogP contribution in [0.4, 0.5) is 5.69 Å². The maximum atomic E-state index is 14.6. The van der Waals surface area contributed by atoms with Gasteiger partial charge in [-0.05, 0) is 80.3 Å². The van der Waals surface area contributed by atoms with Gasteiger partial charge >= 0.3 is 0 Å². The van der Waals surface area contributed by atoms with E-state index in [1.807, 2.05) is 64.1 Å². The third kappa shape index (κ3) is 8.49. The molecule has 0 unspecified atom stereocenters. The van der Waals surface area contributed by atoms with Gasteiger partial charge < -0.3 is 10.2 Å². The number of nitrogens with one attached hydrogen (secondary N) is 1. The second kappa shape index (κ2) is 15.6. The third-order valence-electron chi connectivity index (χ3n) is 7.88. The summed E-state index contributed by atoms with van der Waals surface area (Å²) in [6, 6.07) is 25.2. The molecule has 10 heteroatoms. The molecule has 4 rings (SSSR count). The molecule has 2 amide bonds. The predicted molar refractivity (Wildman–Crippen MR) is 186 cm³/mol. The van der Waals surface area contributed by atoms with Crippen molar-refractivity contribution in [3.05, 3.63) is 129 Å². The van der Waals surface area contributed by atoms with Gasteiger partial charge in [0, 0.05) is 35.1 Å². The van der Waals surface area contributed by atoms with E-state index in [0.29, 0.717) is 34.3 Å². The first-order valence-electron chi connectivity index (χ1n) is 15.1. The molecule has 4 aromatic carbocycles. The van der Waals surface area contributed by atoms with E-state index in [4.69, 9.17) is 23.2 Å². The number of carbonyl (C=O) groups excluding carboxylic acids is 2. The van der Waals surface area contributed by atoms with Gasteiger partial charge in [0.1, 0.15) is 12.6 Å². The van der Waals surface area contributed by atoms with Crippen LogP contribution in [0.3, 0.4) is 0 Å². The largest absolute Gasteiger partial charge is 0.354 e. The maximum Gasteiger partial charge on any atom is 0.264 e. The first-order chi connectivity index (χ1) is 21.9. The number of rotatable bonds is 13. The van der Waals surface area contributed by atoms with Crippen molar-refractivity contribution in [2.45, 2.75) is 58.0 Å². The fourth-order valence-corrected chi connectivity index (χ4v) is 6.94. The molecule has 0 saturated heterocycles. The summed E-state index contributed by atoms with van der Waals surface area (Å²) in [5.74, 6) is -0.946. The Bertz CT molecular complexity index is 1760. The van der Waals surface area contributed by atoms with Crippen LogP contribution < -0.4 is 9.62 Å². The zero-order chi connectivity index (χ0) is 33.4. The SMILES string of the molecule is CCCNC(=O)[C@@H](Cc1ccccc1)N(Cc1c(Cl)cccc1Cl)C(=O)CN(c1ccc(C)c(C)c1)S(=O)(=O)c1ccc(C)cc1. The van der Waals surface area contributed by atoms with Gasteiger partial charge in [-0.25, -0.2) is 8.42 Å². The van der Waals surface area contributed by atoms with E-state index in [2.05, 4.69) is 5.32 Å². The van der Waals surface area contributed by atoms with E-state index in [0.717, 1.165) is 26.6 Å². The maximum absolute atomic E-state index is 14.6. The topological polar surface area (TPSA) is 86.8 Å². The van der Waals surface area contributed by atoms with Crippen molar-refractivity contribution >= 4 is 50.7 Å². The highest BCUT2D eigenvalue weighted by Crippen LogP contribution is 2.30. The van der Waals surface area contributed by atoms with Gasteiger partial charge in [-0.1, -0.05) is 90.3 Å². The highest BCUT2D eigenvalue weighted by molar-refractivity contribution is 7.92. The summed E-state index contributed by atoms with van der Waals surface area (Å²) in [5.41, 5.74) is 4.38. The highest BCUT2D eigenvalue weighted by atomic mass is 35.5. The molecule has 0 fully saturated rings. The Labute approximate surface area is 282 Å². The molecule has 7 nitrogen and oxygen atoms in total. The number of halogens is 2. The Morgan fingerprint density at radius 1 is 0.826 bits per heavy atom. The molecule has 0 aromatic heterocycles. The Kier molecular flexibility index (Phi) is 11.9. The zero-order valence-corrected chi connectivity index (χ0v) is 28.8. The van der Waals surface area contributed by atoms with Crippen molar-refractivity contribution in [3.63, 3.8) is 0 Å². The molecule has 0 aliphatic heterocycles. The number of amides is 2. The average Bonchev–Trinajstić information content (AvgIpc) is 3.03. The first kappa shape index (κ1) is 35.0. The van der Waals surface area contributed by atoms with Crippen molar-refractivity contribution in [2.24, 2.45) is 0 Å². The standard InChI is InChI=1S/C36H39Cl2N3O4S/c1-5-20-39-36(43)34(22-28-10-7-6-8-11-28)40(23-31-32(37)12-9-13-33(31)38)35(42)24-41(29-17-16-26(3)27(4)21-29)46(44,45)30-18-14-25(2)15-19-30/h6-19,21,34H,5,20,22-24H2,1-4H3,(H,39,43)/t34-/m1/s1. The summed E-state index contributed by atoms with van der Waals surface area (Å²) >= 11 is 13.2. The van der Waals surface area contributed by atoms with E-state index in [1.54, 1.807) is 42.5 Å². The molecule has 0 aliphatic carbocycles. The molecule has 0 spiro atoms. The second-order valence-corrected chi connectivity index (χ2v) is 14.0. The number of anilines is 1. The van der Waals surface area contributed by atoms with E-state index >= 15 is 0 Å². The predicted octanol–water partition coefficient (Wildman–Crippen LogP) is 7.28. The fraction of sp³-hybridized carbons (Fsp3) is 0.278.